The Morgan fingerprint density at radius 1 is 1.26 bits per heavy atom. The number of ether oxygens (including phenoxy) is 1. The fourth-order valence-corrected chi connectivity index (χ4v) is 2.77. The first-order valence-corrected chi connectivity index (χ1v) is 7.12. The number of hydrogen-bond donors (Lipinski definition) is 2. The van der Waals surface area contributed by atoms with Crippen molar-refractivity contribution < 1.29 is 4.74 Å². The summed E-state index contributed by atoms with van der Waals surface area (Å²) < 4.78 is 5.47. The molecule has 1 aromatic carbocycles. The van der Waals surface area contributed by atoms with Gasteiger partial charge in [-0.25, -0.2) is 0 Å². The maximum absolute atomic E-state index is 6.12. The van der Waals surface area contributed by atoms with Crippen LogP contribution >= 0.6 is 0 Å². The molecule has 0 aromatic heterocycles. The van der Waals surface area contributed by atoms with Crippen LogP contribution in [0.5, 0.6) is 5.75 Å². The Morgan fingerprint density at radius 3 is 2.53 bits per heavy atom. The highest BCUT2D eigenvalue weighted by atomic mass is 16.5. The van der Waals surface area contributed by atoms with Crippen LogP contribution in [0.1, 0.15) is 45.6 Å². The molecule has 0 radical (unpaired) electrons. The Balaban J connectivity index is 2.23. The lowest BCUT2D eigenvalue weighted by molar-refractivity contribution is 0.397. The molecule has 3 nitrogen and oxygen atoms in total. The van der Waals surface area contributed by atoms with Gasteiger partial charge < -0.3 is 15.8 Å². The molecule has 0 aliphatic heterocycles. The normalized spacial score (nSPS) is 23.4. The Labute approximate surface area is 116 Å². The lowest BCUT2D eigenvalue weighted by Gasteiger charge is -2.25. The summed E-state index contributed by atoms with van der Waals surface area (Å²) in [5.74, 6) is 0.953. The molecule has 2 unspecified atom stereocenters. The maximum Gasteiger partial charge on any atom is 0.122 e. The average Bonchev–Trinajstić information content (AvgIpc) is 2.74. The highest BCUT2D eigenvalue weighted by Gasteiger charge is 2.25. The molecule has 0 spiro atoms. The summed E-state index contributed by atoms with van der Waals surface area (Å²) >= 11 is 0. The minimum absolute atomic E-state index is 0.0703. The van der Waals surface area contributed by atoms with Crippen molar-refractivity contribution in [2.45, 2.75) is 57.5 Å². The number of hydrogen-bond acceptors (Lipinski definition) is 3. The van der Waals surface area contributed by atoms with Crippen molar-refractivity contribution in [3.63, 3.8) is 0 Å². The van der Waals surface area contributed by atoms with E-state index in [-0.39, 0.29) is 11.5 Å². The SMILES string of the molecule is COc1ccc(NC2CCCC2N)cc1C(C)(C)C. The van der Waals surface area contributed by atoms with Gasteiger partial charge in [-0.2, -0.15) is 0 Å². The van der Waals surface area contributed by atoms with E-state index < -0.39 is 0 Å². The standard InChI is InChI=1S/C16H26N2O/c1-16(2,3)12-10-11(8-9-15(12)19-4)18-14-7-5-6-13(14)17/h8-10,13-14,18H,5-7,17H2,1-4H3. The Kier molecular flexibility index (Phi) is 4.04. The van der Waals surface area contributed by atoms with Crippen molar-refractivity contribution >= 4 is 5.69 Å². The number of nitrogens with two attached hydrogens (primary N) is 1. The minimum Gasteiger partial charge on any atom is -0.496 e. The first-order valence-electron chi connectivity index (χ1n) is 7.12. The molecular weight excluding hydrogens is 236 g/mol. The molecule has 0 heterocycles. The van der Waals surface area contributed by atoms with Crippen LogP contribution in [0.3, 0.4) is 0 Å². The smallest absolute Gasteiger partial charge is 0.122 e. The third-order valence-corrected chi connectivity index (χ3v) is 3.93. The largest absolute Gasteiger partial charge is 0.496 e. The number of methoxy groups -OCH3 is 1. The van der Waals surface area contributed by atoms with E-state index in [2.05, 4.69) is 38.2 Å². The number of rotatable bonds is 3. The van der Waals surface area contributed by atoms with Gasteiger partial charge in [0.2, 0.25) is 0 Å². The Morgan fingerprint density at radius 2 is 2.00 bits per heavy atom. The van der Waals surface area contributed by atoms with E-state index in [1.165, 1.54) is 12.0 Å². The number of nitrogens with one attached hydrogen (secondary N) is 1. The van der Waals surface area contributed by atoms with Crippen LogP contribution in [0.4, 0.5) is 5.69 Å². The fourth-order valence-electron chi connectivity index (χ4n) is 2.77. The Bertz CT molecular complexity index is 437. The number of anilines is 1. The van der Waals surface area contributed by atoms with Crippen molar-refractivity contribution in [2.75, 3.05) is 12.4 Å². The Hall–Kier alpha value is -1.22. The molecule has 106 valence electrons. The summed E-state index contributed by atoms with van der Waals surface area (Å²) in [5.41, 5.74) is 8.56. The first-order chi connectivity index (χ1) is 8.91. The van der Waals surface area contributed by atoms with Crippen LogP contribution in [-0.2, 0) is 5.41 Å². The fraction of sp³-hybridized carbons (Fsp3) is 0.625. The molecule has 1 saturated carbocycles. The van der Waals surface area contributed by atoms with Gasteiger partial charge >= 0.3 is 0 Å². The summed E-state index contributed by atoms with van der Waals surface area (Å²) in [4.78, 5) is 0. The van der Waals surface area contributed by atoms with Gasteiger partial charge in [0.05, 0.1) is 7.11 Å². The van der Waals surface area contributed by atoms with Gasteiger partial charge in [0.25, 0.3) is 0 Å². The van der Waals surface area contributed by atoms with E-state index in [0.717, 1.165) is 24.3 Å². The molecule has 19 heavy (non-hydrogen) atoms. The van der Waals surface area contributed by atoms with E-state index >= 15 is 0 Å². The van der Waals surface area contributed by atoms with Gasteiger partial charge in [0, 0.05) is 23.3 Å². The van der Waals surface area contributed by atoms with Crippen LogP contribution in [0, 0.1) is 0 Å². The molecule has 2 rings (SSSR count). The summed E-state index contributed by atoms with van der Waals surface area (Å²) in [6, 6.07) is 7.01. The summed E-state index contributed by atoms with van der Waals surface area (Å²) in [5, 5.41) is 3.57. The molecule has 1 fully saturated rings. The van der Waals surface area contributed by atoms with Crippen molar-refractivity contribution in [3.05, 3.63) is 23.8 Å². The third-order valence-electron chi connectivity index (χ3n) is 3.93. The van der Waals surface area contributed by atoms with Crippen LogP contribution in [0.15, 0.2) is 18.2 Å². The predicted molar refractivity (Wildman–Crippen MR) is 80.9 cm³/mol. The molecular formula is C16H26N2O. The third kappa shape index (κ3) is 3.21. The second kappa shape index (κ2) is 5.41. The number of benzene rings is 1. The van der Waals surface area contributed by atoms with Gasteiger partial charge in [-0.3, -0.25) is 0 Å². The zero-order chi connectivity index (χ0) is 14.0. The van der Waals surface area contributed by atoms with E-state index in [0.29, 0.717) is 6.04 Å². The summed E-state index contributed by atoms with van der Waals surface area (Å²) in [6.45, 7) is 6.61. The van der Waals surface area contributed by atoms with Crippen molar-refractivity contribution in [1.82, 2.24) is 0 Å². The molecule has 2 atom stereocenters. The van der Waals surface area contributed by atoms with Crippen LogP contribution in [0.25, 0.3) is 0 Å². The molecule has 0 bridgehead atoms. The van der Waals surface area contributed by atoms with Crippen molar-refractivity contribution in [1.29, 1.82) is 0 Å². The molecule has 3 N–H and O–H groups in total. The maximum atomic E-state index is 6.12. The van der Waals surface area contributed by atoms with Crippen molar-refractivity contribution in [2.24, 2.45) is 5.73 Å². The topological polar surface area (TPSA) is 47.3 Å². The molecule has 1 aliphatic rings. The molecule has 1 aliphatic carbocycles. The van der Waals surface area contributed by atoms with E-state index in [9.17, 15) is 0 Å². The average molecular weight is 262 g/mol. The first kappa shape index (κ1) is 14.2. The molecule has 3 heteroatoms. The second-order valence-corrected chi connectivity index (χ2v) is 6.51. The van der Waals surface area contributed by atoms with Crippen LogP contribution in [-0.4, -0.2) is 19.2 Å². The zero-order valence-electron chi connectivity index (χ0n) is 12.5. The predicted octanol–water partition coefficient (Wildman–Crippen LogP) is 3.28. The van der Waals surface area contributed by atoms with E-state index in [1.54, 1.807) is 7.11 Å². The van der Waals surface area contributed by atoms with Gasteiger partial charge in [0.1, 0.15) is 5.75 Å². The van der Waals surface area contributed by atoms with Gasteiger partial charge in [-0.05, 0) is 42.9 Å². The summed E-state index contributed by atoms with van der Waals surface area (Å²) in [6.07, 6.45) is 3.51. The lowest BCUT2D eigenvalue weighted by atomic mass is 9.86. The molecule has 0 amide bonds. The van der Waals surface area contributed by atoms with Crippen LogP contribution in [0.2, 0.25) is 0 Å². The molecule has 1 aromatic rings. The van der Waals surface area contributed by atoms with Gasteiger partial charge in [-0.1, -0.05) is 20.8 Å². The monoisotopic (exact) mass is 262 g/mol. The zero-order valence-corrected chi connectivity index (χ0v) is 12.5. The van der Waals surface area contributed by atoms with E-state index in [4.69, 9.17) is 10.5 Å². The van der Waals surface area contributed by atoms with E-state index in [1.807, 2.05) is 6.07 Å². The lowest BCUT2D eigenvalue weighted by Crippen LogP contribution is -2.35. The van der Waals surface area contributed by atoms with Gasteiger partial charge in [0.15, 0.2) is 0 Å². The highest BCUT2D eigenvalue weighted by Crippen LogP contribution is 2.34. The highest BCUT2D eigenvalue weighted by molar-refractivity contribution is 5.54. The van der Waals surface area contributed by atoms with Crippen LogP contribution < -0.4 is 15.8 Å². The van der Waals surface area contributed by atoms with Gasteiger partial charge in [-0.15, -0.1) is 0 Å². The summed E-state index contributed by atoms with van der Waals surface area (Å²) in [7, 11) is 1.73. The minimum atomic E-state index is 0.0703. The quantitative estimate of drug-likeness (QED) is 0.878. The molecule has 0 saturated heterocycles. The van der Waals surface area contributed by atoms with Crippen molar-refractivity contribution in [3.8, 4) is 5.75 Å². The second-order valence-electron chi connectivity index (χ2n) is 6.51.